The Morgan fingerprint density at radius 1 is 1.35 bits per heavy atom. The minimum absolute atomic E-state index is 0.0489. The van der Waals surface area contributed by atoms with Gasteiger partial charge < -0.3 is 14.3 Å². The molecule has 0 radical (unpaired) electrons. The van der Waals surface area contributed by atoms with E-state index in [0.717, 1.165) is 12.8 Å². The van der Waals surface area contributed by atoms with Crippen molar-refractivity contribution in [2.45, 2.75) is 25.2 Å². The summed E-state index contributed by atoms with van der Waals surface area (Å²) < 4.78 is 5.33. The number of likely N-dealkylation sites (tertiary alicyclic amines) is 1. The van der Waals surface area contributed by atoms with Gasteiger partial charge in [0, 0.05) is 45.2 Å². The molecule has 0 N–H and O–H groups in total. The Hall–Kier alpha value is -2.84. The average Bonchev–Trinajstić information content (AvgIpc) is 3.38. The Morgan fingerprint density at radius 3 is 2.85 bits per heavy atom. The van der Waals surface area contributed by atoms with Crippen molar-refractivity contribution in [3.63, 3.8) is 0 Å². The molecule has 2 aromatic rings. The Bertz CT molecular complexity index is 798. The lowest BCUT2D eigenvalue weighted by molar-refractivity contribution is -0.131. The highest BCUT2D eigenvalue weighted by Crippen LogP contribution is 2.30. The number of hydrogen-bond donors (Lipinski definition) is 0. The molecule has 2 amide bonds. The van der Waals surface area contributed by atoms with Crippen molar-refractivity contribution in [1.29, 1.82) is 0 Å². The maximum Gasteiger partial charge on any atom is 0.272 e. The minimum Gasteiger partial charge on any atom is -0.345 e. The summed E-state index contributed by atoms with van der Waals surface area (Å²) in [6.07, 6.45) is 5.48. The summed E-state index contributed by atoms with van der Waals surface area (Å²) in [5, 5.41) is 3.99. The molecule has 2 aliphatic rings. The summed E-state index contributed by atoms with van der Waals surface area (Å²) in [5.41, 5.74) is 0.382. The molecule has 4 rings (SSSR count). The Kier molecular flexibility index (Phi) is 4.36. The molecule has 2 aromatic heterocycles. The molecule has 3 heterocycles. The summed E-state index contributed by atoms with van der Waals surface area (Å²) in [5.74, 6) is 1.48. The number of likely N-dealkylation sites (N-methyl/N-ethyl adjacent to an activating group) is 1. The van der Waals surface area contributed by atoms with Crippen LogP contribution in [0.2, 0.25) is 0 Å². The molecule has 0 aromatic carbocycles. The highest BCUT2D eigenvalue weighted by atomic mass is 16.5. The molecule has 1 aliphatic carbocycles. The van der Waals surface area contributed by atoms with E-state index in [9.17, 15) is 9.59 Å². The number of rotatable bonds is 6. The first-order chi connectivity index (χ1) is 12.6. The van der Waals surface area contributed by atoms with Crippen LogP contribution in [0.15, 0.2) is 23.1 Å². The van der Waals surface area contributed by atoms with Crippen LogP contribution in [0.3, 0.4) is 0 Å². The van der Waals surface area contributed by atoms with Gasteiger partial charge in [0.25, 0.3) is 5.91 Å². The largest absolute Gasteiger partial charge is 0.345 e. The fraction of sp³-hybridized carbons (Fsp3) is 0.529. The highest BCUT2D eigenvalue weighted by molar-refractivity contribution is 5.92. The van der Waals surface area contributed by atoms with Gasteiger partial charge in [0.1, 0.15) is 12.0 Å². The van der Waals surface area contributed by atoms with E-state index in [4.69, 9.17) is 4.52 Å². The van der Waals surface area contributed by atoms with Gasteiger partial charge in [-0.3, -0.25) is 9.59 Å². The number of aromatic nitrogens is 4. The zero-order valence-corrected chi connectivity index (χ0v) is 14.5. The maximum atomic E-state index is 12.2. The van der Waals surface area contributed by atoms with Crippen LogP contribution in [0, 0.1) is 5.92 Å². The van der Waals surface area contributed by atoms with Crippen LogP contribution in [0.1, 0.15) is 41.0 Å². The predicted molar refractivity (Wildman–Crippen MR) is 89.0 cm³/mol. The van der Waals surface area contributed by atoms with E-state index in [1.165, 1.54) is 6.33 Å². The van der Waals surface area contributed by atoms with Gasteiger partial charge in [-0.25, -0.2) is 9.97 Å². The van der Waals surface area contributed by atoms with E-state index in [1.807, 2.05) is 7.05 Å². The first kappa shape index (κ1) is 16.6. The number of carbonyl (C=O) groups excluding carboxylic acids is 2. The second kappa shape index (κ2) is 6.81. The Labute approximate surface area is 150 Å². The molecule has 1 saturated carbocycles. The zero-order valence-electron chi connectivity index (χ0n) is 14.5. The van der Waals surface area contributed by atoms with E-state index >= 15 is 0 Å². The quantitative estimate of drug-likeness (QED) is 0.742. The van der Waals surface area contributed by atoms with Gasteiger partial charge in [-0.05, 0) is 18.9 Å². The fourth-order valence-corrected chi connectivity index (χ4v) is 2.93. The predicted octanol–water partition coefficient (Wildman–Crippen LogP) is 0.510. The summed E-state index contributed by atoms with van der Waals surface area (Å²) in [6.45, 7) is 1.65. The molecule has 0 bridgehead atoms. The molecule has 1 aliphatic heterocycles. The highest BCUT2D eigenvalue weighted by Gasteiger charge is 2.36. The monoisotopic (exact) mass is 356 g/mol. The summed E-state index contributed by atoms with van der Waals surface area (Å²) in [4.78, 5) is 39.8. The first-order valence-electron chi connectivity index (χ1n) is 8.74. The van der Waals surface area contributed by atoms with Crippen LogP contribution in [0.25, 0.3) is 0 Å². The molecule has 136 valence electrons. The maximum absolute atomic E-state index is 12.2. The third kappa shape index (κ3) is 3.42. The van der Waals surface area contributed by atoms with Crippen LogP contribution < -0.4 is 0 Å². The van der Waals surface area contributed by atoms with Gasteiger partial charge in [0.2, 0.25) is 11.8 Å². The van der Waals surface area contributed by atoms with Crippen molar-refractivity contribution in [2.24, 2.45) is 5.92 Å². The number of carbonyl (C=O) groups is 2. The van der Waals surface area contributed by atoms with Gasteiger partial charge in [0.15, 0.2) is 5.82 Å². The summed E-state index contributed by atoms with van der Waals surface area (Å²) in [6, 6.07) is 1.60. The van der Waals surface area contributed by atoms with Crippen molar-refractivity contribution in [1.82, 2.24) is 29.9 Å². The second-order valence-corrected chi connectivity index (χ2v) is 6.83. The smallest absolute Gasteiger partial charge is 0.272 e. The lowest BCUT2D eigenvalue weighted by atomic mass is 9.99. The van der Waals surface area contributed by atoms with Crippen LogP contribution in [-0.4, -0.2) is 68.4 Å². The van der Waals surface area contributed by atoms with Crippen LogP contribution in [-0.2, 0) is 11.2 Å². The van der Waals surface area contributed by atoms with Crippen molar-refractivity contribution in [3.8, 4) is 0 Å². The normalized spacial score (nSPS) is 17.0. The number of nitrogens with zero attached hydrogens (tertiary/aromatic N) is 6. The van der Waals surface area contributed by atoms with Gasteiger partial charge in [-0.2, -0.15) is 4.98 Å². The molecular formula is C17H20N6O3. The van der Waals surface area contributed by atoms with Gasteiger partial charge in [-0.1, -0.05) is 5.16 Å². The molecule has 0 spiro atoms. The molecular weight excluding hydrogens is 336 g/mol. The van der Waals surface area contributed by atoms with Crippen molar-refractivity contribution < 1.29 is 14.1 Å². The van der Waals surface area contributed by atoms with E-state index in [0.29, 0.717) is 43.5 Å². The van der Waals surface area contributed by atoms with Crippen LogP contribution in [0.4, 0.5) is 0 Å². The van der Waals surface area contributed by atoms with Gasteiger partial charge >= 0.3 is 0 Å². The standard InChI is InChI=1S/C17H20N6O3/c1-22(16(24)11-2-3-11)7-5-14-20-15(26-21-14)12-8-23(9-12)17(25)13-4-6-18-10-19-13/h4,6,10-12H,2-3,5,7-9H2,1H3. The van der Waals surface area contributed by atoms with Crippen molar-refractivity contribution >= 4 is 11.8 Å². The first-order valence-corrected chi connectivity index (χ1v) is 8.74. The van der Waals surface area contributed by atoms with Crippen molar-refractivity contribution in [3.05, 3.63) is 36.0 Å². The van der Waals surface area contributed by atoms with E-state index in [2.05, 4.69) is 20.1 Å². The molecule has 9 heteroatoms. The Balaban J connectivity index is 1.27. The topological polar surface area (TPSA) is 105 Å². The minimum atomic E-state index is -0.122. The third-order valence-electron chi connectivity index (χ3n) is 4.78. The Morgan fingerprint density at radius 2 is 2.15 bits per heavy atom. The van der Waals surface area contributed by atoms with Gasteiger partial charge in [0.05, 0.1) is 5.92 Å². The average molecular weight is 356 g/mol. The van der Waals surface area contributed by atoms with Crippen LogP contribution in [0.5, 0.6) is 0 Å². The number of hydrogen-bond acceptors (Lipinski definition) is 7. The lowest BCUT2D eigenvalue weighted by Gasteiger charge is -2.36. The molecule has 9 nitrogen and oxygen atoms in total. The lowest BCUT2D eigenvalue weighted by Crippen LogP contribution is -2.48. The molecule has 1 saturated heterocycles. The van der Waals surface area contributed by atoms with E-state index in [1.54, 1.807) is 22.1 Å². The SMILES string of the molecule is CN(CCc1noc(C2CN(C(=O)c3ccncn3)C2)n1)C(=O)C1CC1. The molecule has 2 fully saturated rings. The number of amides is 2. The molecule has 0 atom stereocenters. The fourth-order valence-electron chi connectivity index (χ4n) is 2.93. The summed E-state index contributed by atoms with van der Waals surface area (Å²) >= 11 is 0. The van der Waals surface area contributed by atoms with Crippen LogP contribution >= 0.6 is 0 Å². The van der Waals surface area contributed by atoms with Crippen molar-refractivity contribution in [2.75, 3.05) is 26.7 Å². The molecule has 26 heavy (non-hydrogen) atoms. The zero-order chi connectivity index (χ0) is 18.1. The van der Waals surface area contributed by atoms with Gasteiger partial charge in [-0.15, -0.1) is 0 Å². The third-order valence-corrected chi connectivity index (χ3v) is 4.78. The summed E-state index contributed by atoms with van der Waals surface area (Å²) in [7, 11) is 1.81. The van der Waals surface area contributed by atoms with E-state index in [-0.39, 0.29) is 23.7 Å². The van der Waals surface area contributed by atoms with E-state index < -0.39 is 0 Å². The molecule has 0 unspecified atom stereocenters. The second-order valence-electron chi connectivity index (χ2n) is 6.83.